The first-order chi connectivity index (χ1) is 6.25. The van der Waals surface area contributed by atoms with Crippen LogP contribution in [0.3, 0.4) is 0 Å². The van der Waals surface area contributed by atoms with E-state index in [9.17, 15) is 0 Å². The van der Waals surface area contributed by atoms with Gasteiger partial charge in [-0.25, -0.2) is 0 Å². The third kappa shape index (κ3) is 2.20. The van der Waals surface area contributed by atoms with Gasteiger partial charge in [0.15, 0.2) is 5.79 Å². The van der Waals surface area contributed by atoms with Crippen LogP contribution in [0.1, 0.15) is 20.8 Å². The molecule has 0 amide bonds. The summed E-state index contributed by atoms with van der Waals surface area (Å²) in [6.07, 6.45) is 8.10. The van der Waals surface area contributed by atoms with Crippen LogP contribution >= 0.6 is 0 Å². The summed E-state index contributed by atoms with van der Waals surface area (Å²) in [7, 11) is 0. The number of hydrogen-bond donors (Lipinski definition) is 0. The Balaban J connectivity index is 2.75. The van der Waals surface area contributed by atoms with E-state index in [4.69, 9.17) is 9.47 Å². The van der Waals surface area contributed by atoms with Gasteiger partial charge in [0.25, 0.3) is 0 Å². The van der Waals surface area contributed by atoms with Crippen molar-refractivity contribution in [2.24, 2.45) is 5.92 Å². The van der Waals surface area contributed by atoms with E-state index in [0.717, 1.165) is 0 Å². The van der Waals surface area contributed by atoms with Gasteiger partial charge in [-0.05, 0) is 19.9 Å². The van der Waals surface area contributed by atoms with Crippen molar-refractivity contribution in [3.05, 3.63) is 24.3 Å². The highest BCUT2D eigenvalue weighted by atomic mass is 16.7. The van der Waals surface area contributed by atoms with Crippen LogP contribution in [-0.2, 0) is 9.47 Å². The molecule has 0 saturated carbocycles. The van der Waals surface area contributed by atoms with E-state index in [1.807, 2.05) is 32.1 Å². The zero-order valence-electron chi connectivity index (χ0n) is 8.62. The van der Waals surface area contributed by atoms with Crippen LogP contribution in [0.2, 0.25) is 0 Å². The fraction of sp³-hybridized carbons (Fsp3) is 0.636. The van der Waals surface area contributed by atoms with Gasteiger partial charge in [0.2, 0.25) is 0 Å². The molecule has 1 rings (SSSR count). The normalized spacial score (nSPS) is 25.0. The molecule has 0 aromatic rings. The SMILES string of the molecule is CCOC1(OCC)C=CC=CC1C. The van der Waals surface area contributed by atoms with E-state index in [1.165, 1.54) is 0 Å². The first-order valence-corrected chi connectivity index (χ1v) is 4.89. The maximum atomic E-state index is 5.66. The molecule has 0 aromatic heterocycles. The molecule has 0 radical (unpaired) electrons. The summed E-state index contributed by atoms with van der Waals surface area (Å²) in [5.41, 5.74) is 0. The summed E-state index contributed by atoms with van der Waals surface area (Å²) in [4.78, 5) is 0. The van der Waals surface area contributed by atoms with Crippen LogP contribution in [0, 0.1) is 5.92 Å². The predicted molar refractivity (Wildman–Crippen MR) is 53.4 cm³/mol. The van der Waals surface area contributed by atoms with E-state index in [1.54, 1.807) is 0 Å². The van der Waals surface area contributed by atoms with Crippen LogP contribution in [0.5, 0.6) is 0 Å². The Morgan fingerprint density at radius 2 is 1.77 bits per heavy atom. The van der Waals surface area contributed by atoms with Crippen molar-refractivity contribution in [3.63, 3.8) is 0 Å². The molecule has 0 aromatic carbocycles. The van der Waals surface area contributed by atoms with Gasteiger partial charge in [0.05, 0.1) is 0 Å². The highest BCUT2D eigenvalue weighted by Crippen LogP contribution is 2.29. The molecule has 1 aliphatic rings. The topological polar surface area (TPSA) is 18.5 Å². The first kappa shape index (κ1) is 10.5. The van der Waals surface area contributed by atoms with Crippen molar-refractivity contribution in [2.45, 2.75) is 26.6 Å². The molecule has 1 unspecified atom stereocenters. The Bertz CT molecular complexity index is 200. The van der Waals surface area contributed by atoms with Gasteiger partial charge >= 0.3 is 0 Å². The number of hydrogen-bond acceptors (Lipinski definition) is 2. The maximum absolute atomic E-state index is 5.66. The van der Waals surface area contributed by atoms with Gasteiger partial charge < -0.3 is 9.47 Å². The largest absolute Gasteiger partial charge is 0.346 e. The van der Waals surface area contributed by atoms with Crippen molar-refractivity contribution in [2.75, 3.05) is 13.2 Å². The Hall–Kier alpha value is -0.600. The standard InChI is InChI=1S/C11H18O2/c1-4-12-11(13-5-2)9-7-6-8-10(11)3/h6-10H,4-5H2,1-3H3. The smallest absolute Gasteiger partial charge is 0.194 e. The maximum Gasteiger partial charge on any atom is 0.194 e. The molecule has 2 nitrogen and oxygen atoms in total. The quantitative estimate of drug-likeness (QED) is 0.622. The molecule has 74 valence electrons. The average Bonchev–Trinajstić information content (AvgIpc) is 2.11. The first-order valence-electron chi connectivity index (χ1n) is 4.89. The van der Waals surface area contributed by atoms with E-state index in [-0.39, 0.29) is 5.92 Å². The van der Waals surface area contributed by atoms with Gasteiger partial charge in [-0.3, -0.25) is 0 Å². The molecule has 0 saturated heterocycles. The monoisotopic (exact) mass is 182 g/mol. The van der Waals surface area contributed by atoms with Gasteiger partial charge in [0.1, 0.15) is 0 Å². The van der Waals surface area contributed by atoms with Crippen LogP contribution < -0.4 is 0 Å². The second-order valence-electron chi connectivity index (χ2n) is 3.12. The number of ether oxygens (including phenoxy) is 2. The summed E-state index contributed by atoms with van der Waals surface area (Å²) in [6, 6.07) is 0. The molecule has 0 bridgehead atoms. The molecule has 13 heavy (non-hydrogen) atoms. The van der Waals surface area contributed by atoms with E-state index >= 15 is 0 Å². The minimum atomic E-state index is -0.530. The average molecular weight is 182 g/mol. The minimum absolute atomic E-state index is 0.275. The van der Waals surface area contributed by atoms with Crippen LogP contribution in [-0.4, -0.2) is 19.0 Å². The predicted octanol–water partition coefficient (Wildman–Crippen LogP) is 2.52. The van der Waals surface area contributed by atoms with Crippen molar-refractivity contribution in [3.8, 4) is 0 Å². The molecule has 1 aliphatic carbocycles. The third-order valence-corrected chi connectivity index (χ3v) is 2.21. The molecule has 0 N–H and O–H groups in total. The third-order valence-electron chi connectivity index (χ3n) is 2.21. The van der Waals surface area contributed by atoms with Gasteiger partial charge in [-0.2, -0.15) is 0 Å². The molecular formula is C11H18O2. The molecule has 0 aliphatic heterocycles. The lowest BCUT2D eigenvalue weighted by molar-refractivity contribution is -0.219. The lowest BCUT2D eigenvalue weighted by Gasteiger charge is -2.35. The lowest BCUT2D eigenvalue weighted by Crippen LogP contribution is -2.41. The lowest BCUT2D eigenvalue weighted by atomic mass is 9.95. The zero-order valence-corrected chi connectivity index (χ0v) is 8.62. The Morgan fingerprint density at radius 3 is 2.23 bits per heavy atom. The van der Waals surface area contributed by atoms with Gasteiger partial charge in [-0.1, -0.05) is 25.2 Å². The summed E-state index contributed by atoms with van der Waals surface area (Å²) >= 11 is 0. The van der Waals surface area contributed by atoms with Crippen molar-refractivity contribution >= 4 is 0 Å². The zero-order chi connectivity index (χ0) is 9.73. The van der Waals surface area contributed by atoms with Gasteiger partial charge in [-0.15, -0.1) is 0 Å². The molecule has 0 fully saturated rings. The fourth-order valence-corrected chi connectivity index (χ4v) is 1.56. The summed E-state index contributed by atoms with van der Waals surface area (Å²) in [5, 5.41) is 0. The Kier molecular flexibility index (Phi) is 3.70. The van der Waals surface area contributed by atoms with Crippen LogP contribution in [0.25, 0.3) is 0 Å². The molecule has 1 atom stereocenters. The van der Waals surface area contributed by atoms with Crippen molar-refractivity contribution in [1.29, 1.82) is 0 Å². The highest BCUT2D eigenvalue weighted by Gasteiger charge is 2.34. The van der Waals surface area contributed by atoms with E-state index in [2.05, 4.69) is 13.0 Å². The molecular weight excluding hydrogens is 164 g/mol. The van der Waals surface area contributed by atoms with Gasteiger partial charge in [0, 0.05) is 19.1 Å². The second kappa shape index (κ2) is 4.58. The van der Waals surface area contributed by atoms with E-state index < -0.39 is 5.79 Å². The number of allylic oxidation sites excluding steroid dienone is 2. The highest BCUT2D eigenvalue weighted by molar-refractivity contribution is 5.18. The molecule has 2 heteroatoms. The Labute approximate surface area is 80.2 Å². The molecule has 0 heterocycles. The fourth-order valence-electron chi connectivity index (χ4n) is 1.56. The number of rotatable bonds is 4. The van der Waals surface area contributed by atoms with Crippen molar-refractivity contribution in [1.82, 2.24) is 0 Å². The summed E-state index contributed by atoms with van der Waals surface area (Å²) < 4.78 is 11.3. The minimum Gasteiger partial charge on any atom is -0.346 e. The van der Waals surface area contributed by atoms with E-state index in [0.29, 0.717) is 13.2 Å². The second-order valence-corrected chi connectivity index (χ2v) is 3.12. The van der Waals surface area contributed by atoms with Crippen LogP contribution in [0.15, 0.2) is 24.3 Å². The molecule has 0 spiro atoms. The summed E-state index contributed by atoms with van der Waals surface area (Å²) in [6.45, 7) is 7.41. The summed E-state index contributed by atoms with van der Waals surface area (Å²) in [5.74, 6) is -0.254. The van der Waals surface area contributed by atoms with Crippen LogP contribution in [0.4, 0.5) is 0 Å². The Morgan fingerprint density at radius 1 is 1.15 bits per heavy atom. The van der Waals surface area contributed by atoms with Crippen molar-refractivity contribution < 1.29 is 9.47 Å².